The zero-order valence-corrected chi connectivity index (χ0v) is 13.3. The molecule has 0 saturated carbocycles. The van der Waals surface area contributed by atoms with Crippen LogP contribution in [0.3, 0.4) is 0 Å². The molecule has 0 radical (unpaired) electrons. The highest BCUT2D eigenvalue weighted by molar-refractivity contribution is 5.92. The van der Waals surface area contributed by atoms with Crippen LogP contribution in [0, 0.1) is 13.8 Å². The van der Waals surface area contributed by atoms with Gasteiger partial charge >= 0.3 is 5.97 Å². The topological polar surface area (TPSA) is 64.7 Å². The normalized spacial score (nSPS) is 10.5. The Bertz CT molecular complexity index is 669. The van der Waals surface area contributed by atoms with E-state index in [0.717, 1.165) is 17.1 Å². The highest BCUT2D eigenvalue weighted by atomic mass is 16.5. The first-order valence-corrected chi connectivity index (χ1v) is 6.96. The predicted molar refractivity (Wildman–Crippen MR) is 80.7 cm³/mol. The van der Waals surface area contributed by atoms with Crippen molar-refractivity contribution in [2.75, 3.05) is 20.7 Å². The third-order valence-corrected chi connectivity index (χ3v) is 3.51. The Kier molecular flexibility index (Phi) is 4.70. The minimum Gasteiger partial charge on any atom is -0.467 e. The van der Waals surface area contributed by atoms with Crippen molar-refractivity contribution in [2.45, 2.75) is 20.4 Å². The first-order valence-electron chi connectivity index (χ1n) is 6.96. The fourth-order valence-electron chi connectivity index (χ4n) is 2.14. The molecule has 0 atom stereocenters. The van der Waals surface area contributed by atoms with Gasteiger partial charge in [-0.1, -0.05) is 0 Å². The van der Waals surface area contributed by atoms with Gasteiger partial charge in [-0.25, -0.2) is 4.79 Å². The van der Waals surface area contributed by atoms with Crippen molar-refractivity contribution in [2.24, 2.45) is 0 Å². The van der Waals surface area contributed by atoms with Crippen LogP contribution in [0.25, 0.3) is 0 Å². The van der Waals surface area contributed by atoms with E-state index < -0.39 is 5.97 Å². The number of nitrogens with zero attached hydrogens (tertiary/aromatic N) is 2. The van der Waals surface area contributed by atoms with E-state index >= 15 is 0 Å². The summed E-state index contributed by atoms with van der Waals surface area (Å²) in [6.45, 7) is 4.06. The monoisotopic (exact) mass is 304 g/mol. The molecule has 6 heteroatoms. The van der Waals surface area contributed by atoms with Crippen molar-refractivity contribution < 1.29 is 18.7 Å². The number of furan rings is 1. The smallest absolute Gasteiger partial charge is 0.340 e. The minimum atomic E-state index is -0.492. The number of rotatable bonds is 5. The van der Waals surface area contributed by atoms with Crippen LogP contribution < -0.4 is 0 Å². The van der Waals surface area contributed by atoms with E-state index in [0.29, 0.717) is 12.1 Å². The average molecular weight is 304 g/mol. The quantitative estimate of drug-likeness (QED) is 0.792. The Morgan fingerprint density at radius 1 is 1.32 bits per heavy atom. The molecule has 0 saturated heterocycles. The summed E-state index contributed by atoms with van der Waals surface area (Å²) in [6, 6.07) is 5.47. The molecular formula is C16H20N2O4. The van der Waals surface area contributed by atoms with Gasteiger partial charge in [-0.15, -0.1) is 0 Å². The number of likely N-dealkylation sites (N-methyl/N-ethyl adjacent to an activating group) is 1. The fourth-order valence-corrected chi connectivity index (χ4v) is 2.14. The van der Waals surface area contributed by atoms with Gasteiger partial charge in [-0.3, -0.25) is 4.79 Å². The van der Waals surface area contributed by atoms with Crippen molar-refractivity contribution in [3.63, 3.8) is 0 Å². The van der Waals surface area contributed by atoms with E-state index in [9.17, 15) is 9.59 Å². The van der Waals surface area contributed by atoms with Gasteiger partial charge in [0.15, 0.2) is 6.61 Å². The second-order valence-electron chi connectivity index (χ2n) is 5.31. The Balaban J connectivity index is 2.12. The van der Waals surface area contributed by atoms with Crippen molar-refractivity contribution in [3.8, 4) is 0 Å². The number of ether oxygens (including phenoxy) is 1. The SMILES string of the molecule is Cc1cc(C(=O)OCC(=O)N(C)C)c(C)n1Cc1ccco1. The molecule has 2 heterocycles. The molecule has 118 valence electrons. The molecule has 1 amide bonds. The second-order valence-corrected chi connectivity index (χ2v) is 5.31. The molecule has 0 N–H and O–H groups in total. The molecule has 2 aromatic heterocycles. The van der Waals surface area contributed by atoms with E-state index in [-0.39, 0.29) is 12.5 Å². The summed E-state index contributed by atoms with van der Waals surface area (Å²) < 4.78 is 12.4. The van der Waals surface area contributed by atoms with Gasteiger partial charge in [0.2, 0.25) is 0 Å². The van der Waals surface area contributed by atoms with Crippen molar-refractivity contribution >= 4 is 11.9 Å². The molecule has 2 aromatic rings. The molecule has 6 nitrogen and oxygen atoms in total. The lowest BCUT2D eigenvalue weighted by Crippen LogP contribution is -2.27. The maximum absolute atomic E-state index is 12.1. The third-order valence-electron chi connectivity index (χ3n) is 3.51. The average Bonchev–Trinajstić information content (AvgIpc) is 3.07. The first kappa shape index (κ1) is 15.9. The maximum atomic E-state index is 12.1. The van der Waals surface area contributed by atoms with Crippen LogP contribution >= 0.6 is 0 Å². The van der Waals surface area contributed by atoms with Gasteiger partial charge in [-0.2, -0.15) is 0 Å². The summed E-state index contributed by atoms with van der Waals surface area (Å²) in [4.78, 5) is 25.0. The zero-order valence-electron chi connectivity index (χ0n) is 13.3. The van der Waals surface area contributed by atoms with Crippen molar-refractivity contribution in [3.05, 3.63) is 47.2 Å². The van der Waals surface area contributed by atoms with Gasteiger partial charge in [-0.05, 0) is 32.0 Å². The van der Waals surface area contributed by atoms with Gasteiger partial charge in [0.1, 0.15) is 5.76 Å². The van der Waals surface area contributed by atoms with Gasteiger partial charge < -0.3 is 18.6 Å². The number of esters is 1. The van der Waals surface area contributed by atoms with Crippen LogP contribution in [0.4, 0.5) is 0 Å². The summed E-state index contributed by atoms with van der Waals surface area (Å²) >= 11 is 0. The predicted octanol–water partition coefficient (Wildman–Crippen LogP) is 1.99. The number of hydrogen-bond donors (Lipinski definition) is 0. The molecule has 0 aromatic carbocycles. The van der Waals surface area contributed by atoms with E-state index in [2.05, 4.69) is 0 Å². The molecule has 0 aliphatic carbocycles. The Morgan fingerprint density at radius 2 is 2.05 bits per heavy atom. The van der Waals surface area contributed by atoms with Crippen LogP contribution in [0.5, 0.6) is 0 Å². The number of amides is 1. The largest absolute Gasteiger partial charge is 0.467 e. The lowest BCUT2D eigenvalue weighted by atomic mass is 10.2. The van der Waals surface area contributed by atoms with E-state index in [4.69, 9.17) is 9.15 Å². The Morgan fingerprint density at radius 3 is 2.64 bits per heavy atom. The van der Waals surface area contributed by atoms with Crippen molar-refractivity contribution in [1.29, 1.82) is 0 Å². The number of hydrogen-bond acceptors (Lipinski definition) is 4. The standard InChI is InChI=1S/C16H20N2O4/c1-11-8-14(16(20)22-10-15(19)17(3)4)12(2)18(11)9-13-6-5-7-21-13/h5-8H,9-10H2,1-4H3. The van der Waals surface area contributed by atoms with Gasteiger partial charge in [0, 0.05) is 25.5 Å². The molecule has 0 bridgehead atoms. The molecule has 0 spiro atoms. The summed E-state index contributed by atoms with van der Waals surface area (Å²) in [5.41, 5.74) is 2.19. The van der Waals surface area contributed by atoms with Crippen LogP contribution in [0.15, 0.2) is 28.9 Å². The molecule has 0 aliphatic rings. The number of aryl methyl sites for hydroxylation is 1. The van der Waals surface area contributed by atoms with Gasteiger partial charge in [0.05, 0.1) is 18.4 Å². The molecule has 0 unspecified atom stereocenters. The molecule has 0 fully saturated rings. The summed E-state index contributed by atoms with van der Waals surface area (Å²) in [5.74, 6) is 0.0660. The lowest BCUT2D eigenvalue weighted by molar-refractivity contribution is -0.131. The maximum Gasteiger partial charge on any atom is 0.340 e. The minimum absolute atomic E-state index is 0.252. The van der Waals surface area contributed by atoms with E-state index in [1.165, 1.54) is 4.90 Å². The number of carbonyl (C=O) groups excluding carboxylic acids is 2. The first-order chi connectivity index (χ1) is 10.4. The highest BCUT2D eigenvalue weighted by Crippen LogP contribution is 2.18. The summed E-state index contributed by atoms with van der Waals surface area (Å²) in [5, 5.41) is 0. The summed E-state index contributed by atoms with van der Waals surface area (Å²) in [7, 11) is 3.23. The highest BCUT2D eigenvalue weighted by Gasteiger charge is 2.19. The fraction of sp³-hybridized carbons (Fsp3) is 0.375. The van der Waals surface area contributed by atoms with E-state index in [1.807, 2.05) is 30.5 Å². The van der Waals surface area contributed by atoms with E-state index in [1.54, 1.807) is 26.4 Å². The third kappa shape index (κ3) is 3.39. The van der Waals surface area contributed by atoms with Crippen molar-refractivity contribution in [1.82, 2.24) is 9.47 Å². The molecular weight excluding hydrogens is 284 g/mol. The lowest BCUT2D eigenvalue weighted by Gasteiger charge is -2.11. The van der Waals surface area contributed by atoms with Gasteiger partial charge in [0.25, 0.3) is 5.91 Å². The second kappa shape index (κ2) is 6.51. The number of carbonyl (C=O) groups is 2. The van der Waals surface area contributed by atoms with Crippen LogP contribution in [0.1, 0.15) is 27.5 Å². The Hall–Kier alpha value is -2.50. The van der Waals surface area contributed by atoms with Crippen LogP contribution in [0.2, 0.25) is 0 Å². The van der Waals surface area contributed by atoms with Crippen LogP contribution in [-0.2, 0) is 16.1 Å². The molecule has 22 heavy (non-hydrogen) atoms. The number of aromatic nitrogens is 1. The summed E-state index contributed by atoms with van der Waals surface area (Å²) in [6.07, 6.45) is 1.62. The van der Waals surface area contributed by atoms with Crippen LogP contribution in [-0.4, -0.2) is 42.0 Å². The zero-order chi connectivity index (χ0) is 16.3. The Labute approximate surface area is 129 Å². The molecule has 0 aliphatic heterocycles. The molecule has 2 rings (SSSR count).